The summed E-state index contributed by atoms with van der Waals surface area (Å²) in [6, 6.07) is 3.77. The molecule has 3 nitrogen and oxygen atoms in total. The lowest BCUT2D eigenvalue weighted by Crippen LogP contribution is -2.31. The van der Waals surface area contributed by atoms with E-state index in [9.17, 15) is 12.8 Å². The topological polar surface area (TPSA) is 37.4 Å². The van der Waals surface area contributed by atoms with Crippen molar-refractivity contribution in [1.29, 1.82) is 0 Å². The van der Waals surface area contributed by atoms with Gasteiger partial charge in [0.15, 0.2) is 0 Å². The van der Waals surface area contributed by atoms with Gasteiger partial charge in [-0.2, -0.15) is 4.31 Å². The van der Waals surface area contributed by atoms with Crippen LogP contribution in [0, 0.1) is 12.7 Å². The van der Waals surface area contributed by atoms with Gasteiger partial charge in [-0.1, -0.05) is 28.9 Å². The van der Waals surface area contributed by atoms with Gasteiger partial charge in [0.2, 0.25) is 10.0 Å². The largest absolute Gasteiger partial charge is 0.243 e. The summed E-state index contributed by atoms with van der Waals surface area (Å²) in [5.74, 6) is -0.547. The van der Waals surface area contributed by atoms with Gasteiger partial charge >= 0.3 is 0 Å². The van der Waals surface area contributed by atoms with E-state index in [1.54, 1.807) is 6.92 Å². The molecule has 1 unspecified atom stereocenters. The summed E-state index contributed by atoms with van der Waals surface area (Å²) in [6.45, 7) is 3.83. The molecule has 1 aromatic rings. The number of sulfonamides is 1. The molecule has 0 saturated carbocycles. The molecular formula is C11H15BrFNO2S. The number of benzene rings is 1. The Hall–Kier alpha value is -0.460. The second-order valence-electron chi connectivity index (χ2n) is 3.98. The second-order valence-corrected chi connectivity index (χ2v) is 7.55. The minimum absolute atomic E-state index is 0.0214. The van der Waals surface area contributed by atoms with Crippen LogP contribution in [0.3, 0.4) is 0 Å². The average molecular weight is 324 g/mol. The van der Waals surface area contributed by atoms with Crippen LogP contribution in [0.4, 0.5) is 4.39 Å². The monoisotopic (exact) mass is 323 g/mol. The van der Waals surface area contributed by atoms with Crippen LogP contribution in [-0.4, -0.2) is 31.1 Å². The molecule has 0 bridgehead atoms. The van der Waals surface area contributed by atoms with Gasteiger partial charge in [0.25, 0.3) is 0 Å². The van der Waals surface area contributed by atoms with Crippen LogP contribution in [0.25, 0.3) is 0 Å². The van der Waals surface area contributed by atoms with E-state index in [0.29, 0.717) is 12.1 Å². The second kappa shape index (κ2) is 5.46. The summed E-state index contributed by atoms with van der Waals surface area (Å²) in [5.41, 5.74) is 0.542. The minimum Gasteiger partial charge on any atom is -0.207 e. The van der Waals surface area contributed by atoms with Gasteiger partial charge in [-0.15, -0.1) is 0 Å². The van der Waals surface area contributed by atoms with Crippen molar-refractivity contribution < 1.29 is 12.8 Å². The highest BCUT2D eigenvalue weighted by Crippen LogP contribution is 2.20. The zero-order chi connectivity index (χ0) is 13.2. The zero-order valence-electron chi connectivity index (χ0n) is 9.94. The van der Waals surface area contributed by atoms with Gasteiger partial charge < -0.3 is 0 Å². The Bertz CT molecular complexity index is 502. The fourth-order valence-electron chi connectivity index (χ4n) is 1.47. The van der Waals surface area contributed by atoms with E-state index in [1.165, 1.54) is 23.5 Å². The van der Waals surface area contributed by atoms with Crippen molar-refractivity contribution in [2.45, 2.75) is 23.6 Å². The van der Waals surface area contributed by atoms with Gasteiger partial charge in [-0.3, -0.25) is 0 Å². The van der Waals surface area contributed by atoms with Crippen LogP contribution >= 0.6 is 15.9 Å². The first-order valence-corrected chi connectivity index (χ1v) is 7.47. The zero-order valence-corrected chi connectivity index (χ0v) is 12.3. The normalized spacial score (nSPS) is 14.0. The van der Waals surface area contributed by atoms with Crippen LogP contribution < -0.4 is 0 Å². The van der Waals surface area contributed by atoms with E-state index in [0.717, 1.165) is 6.07 Å². The highest BCUT2D eigenvalue weighted by molar-refractivity contribution is 9.09. The van der Waals surface area contributed by atoms with E-state index < -0.39 is 15.8 Å². The fraction of sp³-hybridized carbons (Fsp3) is 0.455. The molecule has 0 radical (unpaired) electrons. The lowest BCUT2D eigenvalue weighted by atomic mass is 10.2. The molecule has 0 aliphatic carbocycles. The maximum atomic E-state index is 13.1. The highest BCUT2D eigenvalue weighted by atomic mass is 79.9. The van der Waals surface area contributed by atoms with Crippen molar-refractivity contribution in [2.24, 2.45) is 0 Å². The summed E-state index contributed by atoms with van der Waals surface area (Å²) < 4.78 is 38.7. The molecule has 6 heteroatoms. The fourth-order valence-corrected chi connectivity index (χ4v) is 3.59. The first-order valence-electron chi connectivity index (χ1n) is 5.11. The molecule has 0 aliphatic heterocycles. The van der Waals surface area contributed by atoms with Gasteiger partial charge in [-0.05, 0) is 24.6 Å². The first-order chi connectivity index (χ1) is 7.75. The lowest BCUT2D eigenvalue weighted by molar-refractivity contribution is 0.472. The number of alkyl halides is 1. The molecular weight excluding hydrogens is 309 g/mol. The maximum absolute atomic E-state index is 13.1. The van der Waals surface area contributed by atoms with Gasteiger partial charge in [0, 0.05) is 18.4 Å². The van der Waals surface area contributed by atoms with E-state index in [-0.39, 0.29) is 9.72 Å². The van der Waals surface area contributed by atoms with E-state index >= 15 is 0 Å². The molecule has 0 aromatic heterocycles. The molecule has 1 aromatic carbocycles. The summed E-state index contributed by atoms with van der Waals surface area (Å²) in [4.78, 5) is 0.0595. The molecule has 0 saturated heterocycles. The maximum Gasteiger partial charge on any atom is 0.243 e. The standard InChI is InChI=1S/C11H15BrFNO2S/c1-8-4-5-10(13)6-11(8)17(15,16)14(3)7-9(2)12/h4-6,9H,7H2,1-3H3. The van der Waals surface area contributed by atoms with Crippen molar-refractivity contribution in [3.8, 4) is 0 Å². The summed E-state index contributed by atoms with van der Waals surface area (Å²) >= 11 is 3.29. The van der Waals surface area contributed by atoms with E-state index in [2.05, 4.69) is 15.9 Å². The number of hydrogen-bond acceptors (Lipinski definition) is 2. The number of rotatable bonds is 4. The third-order valence-electron chi connectivity index (χ3n) is 2.35. The Labute approximate surface area is 110 Å². The molecule has 0 aliphatic rings. The smallest absolute Gasteiger partial charge is 0.207 e. The number of halogens is 2. The van der Waals surface area contributed by atoms with Crippen molar-refractivity contribution in [2.75, 3.05) is 13.6 Å². The van der Waals surface area contributed by atoms with Crippen molar-refractivity contribution in [3.05, 3.63) is 29.6 Å². The van der Waals surface area contributed by atoms with Crippen LogP contribution in [0.5, 0.6) is 0 Å². The van der Waals surface area contributed by atoms with Crippen molar-refractivity contribution in [3.63, 3.8) is 0 Å². The summed E-state index contributed by atoms with van der Waals surface area (Å²) in [5, 5.41) is 0. The molecule has 0 spiro atoms. The SMILES string of the molecule is Cc1ccc(F)cc1S(=O)(=O)N(C)CC(C)Br. The van der Waals surface area contributed by atoms with E-state index in [1.807, 2.05) is 6.92 Å². The van der Waals surface area contributed by atoms with Crippen LogP contribution in [0.2, 0.25) is 0 Å². The Morgan fingerprint density at radius 3 is 2.59 bits per heavy atom. The lowest BCUT2D eigenvalue weighted by Gasteiger charge is -2.19. The first kappa shape index (κ1) is 14.6. The molecule has 0 fully saturated rings. The quantitative estimate of drug-likeness (QED) is 0.798. The molecule has 0 N–H and O–H groups in total. The third-order valence-corrected chi connectivity index (χ3v) is 4.60. The summed E-state index contributed by atoms with van der Waals surface area (Å²) in [6.07, 6.45) is 0. The van der Waals surface area contributed by atoms with Crippen LogP contribution in [0.15, 0.2) is 23.1 Å². The Kier molecular flexibility index (Phi) is 4.69. The van der Waals surface area contributed by atoms with Gasteiger partial charge in [-0.25, -0.2) is 12.8 Å². The van der Waals surface area contributed by atoms with Gasteiger partial charge in [0.1, 0.15) is 5.82 Å². The average Bonchev–Trinajstić information content (AvgIpc) is 2.20. The Balaban J connectivity index is 3.17. The van der Waals surface area contributed by atoms with Crippen molar-refractivity contribution >= 4 is 26.0 Å². The van der Waals surface area contributed by atoms with Crippen molar-refractivity contribution in [1.82, 2.24) is 4.31 Å². The number of hydrogen-bond donors (Lipinski definition) is 0. The number of aryl methyl sites for hydroxylation is 1. The third kappa shape index (κ3) is 3.50. The molecule has 0 heterocycles. The number of nitrogens with zero attached hydrogens (tertiary/aromatic N) is 1. The molecule has 1 atom stereocenters. The molecule has 96 valence electrons. The molecule has 1 rings (SSSR count). The predicted octanol–water partition coefficient (Wildman–Crippen LogP) is 2.54. The predicted molar refractivity (Wildman–Crippen MR) is 69.3 cm³/mol. The minimum atomic E-state index is -3.62. The van der Waals surface area contributed by atoms with Crippen LogP contribution in [0.1, 0.15) is 12.5 Å². The molecule has 0 amide bonds. The van der Waals surface area contributed by atoms with Gasteiger partial charge in [0.05, 0.1) is 4.90 Å². The Morgan fingerprint density at radius 2 is 2.06 bits per heavy atom. The van der Waals surface area contributed by atoms with E-state index in [4.69, 9.17) is 0 Å². The highest BCUT2D eigenvalue weighted by Gasteiger charge is 2.23. The van der Waals surface area contributed by atoms with Crippen LogP contribution in [-0.2, 0) is 10.0 Å². The summed E-state index contributed by atoms with van der Waals surface area (Å²) in [7, 11) is -2.14. The Morgan fingerprint density at radius 1 is 1.47 bits per heavy atom. The molecule has 17 heavy (non-hydrogen) atoms.